The van der Waals surface area contributed by atoms with Crippen LogP contribution < -0.4 is 0 Å². The first-order chi connectivity index (χ1) is 6.81. The second kappa shape index (κ2) is 6.09. The van der Waals surface area contributed by atoms with Gasteiger partial charge in [0.15, 0.2) is 8.32 Å². The van der Waals surface area contributed by atoms with E-state index in [9.17, 15) is 0 Å². The van der Waals surface area contributed by atoms with Crippen molar-refractivity contribution in [3.05, 3.63) is 12.2 Å². The zero-order chi connectivity index (χ0) is 11.9. The van der Waals surface area contributed by atoms with Crippen LogP contribution in [0.25, 0.3) is 0 Å². The summed E-state index contributed by atoms with van der Waals surface area (Å²) in [6.07, 6.45) is 5.37. The van der Waals surface area contributed by atoms with E-state index in [1.807, 2.05) is 12.1 Å². The summed E-state index contributed by atoms with van der Waals surface area (Å²) in [5.74, 6) is 0. The second-order valence-corrected chi connectivity index (χ2v) is 10.1. The summed E-state index contributed by atoms with van der Waals surface area (Å²) < 4.78 is 6.00. The molecule has 0 rings (SSSR count). The van der Waals surface area contributed by atoms with Crippen molar-refractivity contribution in [1.82, 2.24) is 0 Å². The van der Waals surface area contributed by atoms with E-state index in [0.29, 0.717) is 0 Å². The highest BCUT2D eigenvalue weighted by Crippen LogP contribution is 2.36. The van der Waals surface area contributed by atoms with Crippen molar-refractivity contribution in [3.63, 3.8) is 0 Å². The van der Waals surface area contributed by atoms with Gasteiger partial charge in [-0.05, 0) is 31.0 Å². The summed E-state index contributed by atoms with van der Waals surface area (Å²) in [6.45, 7) is 12.1. The van der Waals surface area contributed by atoms with Gasteiger partial charge in [0.25, 0.3) is 0 Å². The summed E-state index contributed by atoms with van der Waals surface area (Å²) in [5.41, 5.74) is 0. The van der Waals surface area contributed by atoms with Crippen molar-refractivity contribution >= 4 is 8.32 Å². The Hall–Kier alpha value is -0.593. The second-order valence-electron chi connectivity index (χ2n) is 5.28. The Morgan fingerprint density at radius 3 is 2.40 bits per heavy atom. The van der Waals surface area contributed by atoms with Gasteiger partial charge in [0.2, 0.25) is 0 Å². The van der Waals surface area contributed by atoms with Crippen LogP contribution in [0.2, 0.25) is 18.1 Å². The molecule has 3 heteroatoms. The van der Waals surface area contributed by atoms with Crippen LogP contribution in [-0.2, 0) is 4.43 Å². The highest BCUT2D eigenvalue weighted by atomic mass is 28.4. The number of nitriles is 1. The molecule has 2 nitrogen and oxygen atoms in total. The van der Waals surface area contributed by atoms with E-state index >= 15 is 0 Å². The summed E-state index contributed by atoms with van der Waals surface area (Å²) >= 11 is 0. The minimum absolute atomic E-state index is 0.287. The van der Waals surface area contributed by atoms with Crippen LogP contribution in [0, 0.1) is 11.3 Å². The maximum atomic E-state index is 8.30. The molecule has 0 saturated heterocycles. The molecule has 0 fully saturated rings. The van der Waals surface area contributed by atoms with E-state index in [0.717, 1.165) is 19.4 Å². The third-order valence-electron chi connectivity index (χ3n) is 2.98. The molecule has 0 aromatic carbocycles. The van der Waals surface area contributed by atoms with Crippen LogP contribution in [0.15, 0.2) is 12.2 Å². The average molecular weight is 225 g/mol. The molecule has 0 aliphatic heterocycles. The Balaban J connectivity index is 3.78. The van der Waals surface area contributed by atoms with Gasteiger partial charge in [0.1, 0.15) is 0 Å². The molecular weight excluding hydrogens is 202 g/mol. The lowest BCUT2D eigenvalue weighted by Crippen LogP contribution is -2.40. The van der Waals surface area contributed by atoms with Gasteiger partial charge in [-0.2, -0.15) is 5.26 Å². The Bertz CT molecular complexity index is 245. The number of hydrogen-bond acceptors (Lipinski definition) is 2. The predicted octanol–water partition coefficient (Wildman–Crippen LogP) is 3.87. The van der Waals surface area contributed by atoms with Gasteiger partial charge in [0.05, 0.1) is 6.07 Å². The highest BCUT2D eigenvalue weighted by Gasteiger charge is 2.36. The Morgan fingerprint density at radius 1 is 1.33 bits per heavy atom. The largest absolute Gasteiger partial charge is 0.417 e. The molecule has 0 atom stereocenters. The van der Waals surface area contributed by atoms with Crippen LogP contribution in [0.1, 0.15) is 33.6 Å². The first-order valence-corrected chi connectivity index (χ1v) is 8.40. The van der Waals surface area contributed by atoms with Crippen LogP contribution in [0.5, 0.6) is 0 Å². The molecule has 0 radical (unpaired) electrons. The quantitative estimate of drug-likeness (QED) is 0.404. The normalized spacial score (nSPS) is 13.1. The lowest BCUT2D eigenvalue weighted by molar-refractivity contribution is 0.283. The lowest BCUT2D eigenvalue weighted by atomic mass is 10.2. The highest BCUT2D eigenvalue weighted by molar-refractivity contribution is 6.74. The fourth-order valence-corrected chi connectivity index (χ4v) is 1.97. The third-order valence-corrected chi connectivity index (χ3v) is 7.51. The van der Waals surface area contributed by atoms with Crippen molar-refractivity contribution in [2.75, 3.05) is 6.61 Å². The molecule has 0 aromatic rings. The van der Waals surface area contributed by atoms with Crippen LogP contribution in [0.4, 0.5) is 0 Å². The number of allylic oxidation sites excluding steroid dienone is 2. The minimum Gasteiger partial charge on any atom is -0.417 e. The molecule has 0 spiro atoms. The molecule has 0 unspecified atom stereocenters. The Morgan fingerprint density at radius 2 is 1.93 bits per heavy atom. The molecule has 0 amide bonds. The summed E-state index contributed by atoms with van der Waals surface area (Å²) in [6, 6.07) is 1.99. The van der Waals surface area contributed by atoms with Crippen molar-refractivity contribution in [3.8, 4) is 6.07 Å². The minimum atomic E-state index is -1.56. The molecule has 0 saturated carbocycles. The van der Waals surface area contributed by atoms with Gasteiger partial charge in [-0.25, -0.2) is 0 Å². The predicted molar refractivity (Wildman–Crippen MR) is 67.1 cm³/mol. The fourth-order valence-electron chi connectivity index (χ4n) is 0.881. The third kappa shape index (κ3) is 5.76. The SMILES string of the molecule is CC(C)(C)[Si](C)(C)OCCC/C=C\C#N. The zero-order valence-electron chi connectivity index (χ0n) is 10.6. The lowest BCUT2D eigenvalue weighted by Gasteiger charge is -2.36. The summed E-state index contributed by atoms with van der Waals surface area (Å²) in [4.78, 5) is 0. The van der Waals surface area contributed by atoms with Crippen molar-refractivity contribution in [2.45, 2.75) is 51.7 Å². The van der Waals surface area contributed by atoms with E-state index in [1.165, 1.54) is 6.08 Å². The smallest absolute Gasteiger partial charge is 0.191 e. The molecule has 0 heterocycles. The Labute approximate surface area is 95.1 Å². The average Bonchev–Trinajstić information content (AvgIpc) is 2.09. The summed E-state index contributed by atoms with van der Waals surface area (Å²) in [7, 11) is -1.56. The van der Waals surface area contributed by atoms with Gasteiger partial charge in [-0.1, -0.05) is 26.8 Å². The fraction of sp³-hybridized carbons (Fsp3) is 0.750. The summed E-state index contributed by atoms with van der Waals surface area (Å²) in [5, 5.41) is 8.58. The standard InChI is InChI=1S/C12H23NOSi/c1-12(2,3)15(4,5)14-11-9-7-6-8-10-13/h6,8H,7,9,11H2,1-5H3/b8-6-. The number of hydrogen-bond donors (Lipinski definition) is 0. The molecule has 15 heavy (non-hydrogen) atoms. The number of unbranched alkanes of at least 4 members (excludes halogenated alkanes) is 1. The molecule has 86 valence electrons. The Kier molecular flexibility index (Phi) is 5.85. The van der Waals surface area contributed by atoms with Gasteiger partial charge in [0, 0.05) is 12.7 Å². The zero-order valence-corrected chi connectivity index (χ0v) is 11.6. The van der Waals surface area contributed by atoms with Crippen LogP contribution >= 0.6 is 0 Å². The first kappa shape index (κ1) is 14.4. The van der Waals surface area contributed by atoms with E-state index in [1.54, 1.807) is 0 Å². The van der Waals surface area contributed by atoms with Gasteiger partial charge < -0.3 is 4.43 Å². The van der Waals surface area contributed by atoms with E-state index in [2.05, 4.69) is 33.9 Å². The van der Waals surface area contributed by atoms with Gasteiger partial charge >= 0.3 is 0 Å². The van der Waals surface area contributed by atoms with E-state index in [-0.39, 0.29) is 5.04 Å². The van der Waals surface area contributed by atoms with Crippen molar-refractivity contribution in [2.24, 2.45) is 0 Å². The van der Waals surface area contributed by atoms with Crippen LogP contribution in [-0.4, -0.2) is 14.9 Å². The monoisotopic (exact) mass is 225 g/mol. The van der Waals surface area contributed by atoms with E-state index < -0.39 is 8.32 Å². The first-order valence-electron chi connectivity index (χ1n) is 5.50. The van der Waals surface area contributed by atoms with Crippen LogP contribution in [0.3, 0.4) is 0 Å². The number of nitrogens with zero attached hydrogens (tertiary/aromatic N) is 1. The molecular formula is C12H23NOSi. The molecule has 0 aliphatic carbocycles. The van der Waals surface area contributed by atoms with Gasteiger partial charge in [-0.15, -0.1) is 0 Å². The van der Waals surface area contributed by atoms with E-state index in [4.69, 9.17) is 9.69 Å². The molecule has 0 aliphatic rings. The van der Waals surface area contributed by atoms with Crippen molar-refractivity contribution < 1.29 is 4.43 Å². The molecule has 0 N–H and O–H groups in total. The molecule has 0 bridgehead atoms. The van der Waals surface area contributed by atoms with Gasteiger partial charge in [-0.3, -0.25) is 0 Å². The van der Waals surface area contributed by atoms with Crippen molar-refractivity contribution in [1.29, 1.82) is 5.26 Å². The maximum Gasteiger partial charge on any atom is 0.191 e. The topological polar surface area (TPSA) is 33.0 Å². The molecule has 0 aromatic heterocycles. The number of rotatable bonds is 5. The maximum absolute atomic E-state index is 8.30.